The molecule has 0 unspecified atom stereocenters. The number of rotatable bonds is 3. The van der Waals surface area contributed by atoms with Crippen LogP contribution in [0.25, 0.3) is 0 Å². The van der Waals surface area contributed by atoms with Gasteiger partial charge in [-0.1, -0.05) is 13.8 Å². The lowest BCUT2D eigenvalue weighted by atomic mass is 10.1. The zero-order valence-corrected chi connectivity index (χ0v) is 9.19. The monoisotopic (exact) mass is 208 g/mol. The SMILES string of the molecule is CC(C)C(=O)c1cnc(N2CCCC2)o1. The summed E-state index contributed by atoms with van der Waals surface area (Å²) in [5, 5.41) is 0. The summed E-state index contributed by atoms with van der Waals surface area (Å²) < 4.78 is 5.46. The molecule has 82 valence electrons. The summed E-state index contributed by atoms with van der Waals surface area (Å²) >= 11 is 0. The van der Waals surface area contributed by atoms with E-state index in [0.717, 1.165) is 13.1 Å². The van der Waals surface area contributed by atoms with E-state index in [1.165, 1.54) is 19.0 Å². The highest BCUT2D eigenvalue weighted by molar-refractivity contribution is 5.94. The number of oxazole rings is 1. The maximum absolute atomic E-state index is 11.6. The molecule has 0 atom stereocenters. The summed E-state index contributed by atoms with van der Waals surface area (Å²) in [7, 11) is 0. The Hall–Kier alpha value is -1.32. The van der Waals surface area contributed by atoms with Gasteiger partial charge in [0.15, 0.2) is 5.76 Å². The van der Waals surface area contributed by atoms with Crippen LogP contribution in [0.1, 0.15) is 37.2 Å². The Kier molecular flexibility index (Phi) is 2.75. The minimum Gasteiger partial charge on any atom is -0.420 e. The summed E-state index contributed by atoms with van der Waals surface area (Å²) in [6, 6.07) is 0.594. The molecule has 0 saturated carbocycles. The van der Waals surface area contributed by atoms with Gasteiger partial charge >= 0.3 is 0 Å². The summed E-state index contributed by atoms with van der Waals surface area (Å²) in [6.07, 6.45) is 3.89. The predicted octanol–water partition coefficient (Wildman–Crippen LogP) is 2.11. The molecule has 0 amide bonds. The molecule has 2 heterocycles. The second-order valence-electron chi connectivity index (χ2n) is 4.22. The van der Waals surface area contributed by atoms with Gasteiger partial charge in [-0.2, -0.15) is 0 Å². The molecule has 1 saturated heterocycles. The van der Waals surface area contributed by atoms with Gasteiger partial charge in [-0.25, -0.2) is 4.98 Å². The summed E-state index contributed by atoms with van der Waals surface area (Å²) in [5.41, 5.74) is 0. The highest BCUT2D eigenvalue weighted by atomic mass is 16.4. The minimum absolute atomic E-state index is 0.0212. The molecule has 4 heteroatoms. The lowest BCUT2D eigenvalue weighted by Crippen LogP contribution is -2.17. The van der Waals surface area contributed by atoms with Crippen LogP contribution in [0, 0.1) is 5.92 Å². The lowest BCUT2D eigenvalue weighted by molar-refractivity contribution is 0.0912. The quantitative estimate of drug-likeness (QED) is 0.714. The number of hydrogen-bond donors (Lipinski definition) is 0. The number of carbonyl (C=O) groups is 1. The number of Topliss-reactive ketones (excluding diaryl/α,β-unsaturated/α-hetero) is 1. The molecular weight excluding hydrogens is 192 g/mol. The molecule has 0 radical (unpaired) electrons. The van der Waals surface area contributed by atoms with Crippen molar-refractivity contribution in [3.63, 3.8) is 0 Å². The van der Waals surface area contributed by atoms with Gasteiger partial charge in [-0.05, 0) is 12.8 Å². The summed E-state index contributed by atoms with van der Waals surface area (Å²) in [4.78, 5) is 17.8. The molecule has 2 rings (SSSR count). The van der Waals surface area contributed by atoms with Crippen molar-refractivity contribution in [3.8, 4) is 0 Å². The maximum Gasteiger partial charge on any atom is 0.297 e. The Bertz CT molecular complexity index is 351. The average molecular weight is 208 g/mol. The molecule has 0 spiro atoms. The third-order valence-corrected chi connectivity index (χ3v) is 2.64. The van der Waals surface area contributed by atoms with E-state index in [4.69, 9.17) is 4.42 Å². The summed E-state index contributed by atoms with van der Waals surface area (Å²) in [6.45, 7) is 5.69. The van der Waals surface area contributed by atoms with Gasteiger partial charge in [0, 0.05) is 19.0 Å². The Balaban J connectivity index is 2.12. The fourth-order valence-electron chi connectivity index (χ4n) is 1.72. The molecular formula is C11H16N2O2. The van der Waals surface area contributed by atoms with Crippen molar-refractivity contribution in [1.82, 2.24) is 4.98 Å². The van der Waals surface area contributed by atoms with Crippen molar-refractivity contribution in [2.24, 2.45) is 5.92 Å². The second kappa shape index (κ2) is 4.04. The highest BCUT2D eigenvalue weighted by Gasteiger charge is 2.20. The molecule has 0 N–H and O–H groups in total. The number of anilines is 1. The van der Waals surface area contributed by atoms with Crippen LogP contribution < -0.4 is 4.90 Å². The Labute approximate surface area is 89.3 Å². The van der Waals surface area contributed by atoms with Crippen LogP contribution in [0.15, 0.2) is 10.6 Å². The predicted molar refractivity (Wildman–Crippen MR) is 57.1 cm³/mol. The number of aromatic nitrogens is 1. The maximum atomic E-state index is 11.6. The first-order chi connectivity index (χ1) is 7.18. The van der Waals surface area contributed by atoms with E-state index < -0.39 is 0 Å². The second-order valence-corrected chi connectivity index (χ2v) is 4.22. The van der Waals surface area contributed by atoms with Crippen LogP contribution in [0.3, 0.4) is 0 Å². The molecule has 1 aromatic heterocycles. The first-order valence-electron chi connectivity index (χ1n) is 5.43. The van der Waals surface area contributed by atoms with Crippen LogP contribution in [0.4, 0.5) is 6.01 Å². The molecule has 15 heavy (non-hydrogen) atoms. The molecule has 0 aromatic carbocycles. The molecule has 0 aliphatic carbocycles. The molecule has 1 aliphatic rings. The minimum atomic E-state index is -0.0376. The Morgan fingerprint density at radius 1 is 1.47 bits per heavy atom. The van der Waals surface area contributed by atoms with Gasteiger partial charge in [-0.3, -0.25) is 4.79 Å². The standard InChI is InChI=1S/C11H16N2O2/c1-8(2)10(14)9-7-12-11(15-9)13-5-3-4-6-13/h7-8H,3-6H2,1-2H3. The van der Waals surface area contributed by atoms with Crippen molar-refractivity contribution in [3.05, 3.63) is 12.0 Å². The molecule has 1 aromatic rings. The van der Waals surface area contributed by atoms with Crippen LogP contribution in [-0.2, 0) is 0 Å². The van der Waals surface area contributed by atoms with E-state index in [2.05, 4.69) is 9.88 Å². The van der Waals surface area contributed by atoms with Gasteiger partial charge < -0.3 is 9.32 Å². The lowest BCUT2D eigenvalue weighted by Gasteiger charge is -2.10. The topological polar surface area (TPSA) is 46.3 Å². The third-order valence-electron chi connectivity index (χ3n) is 2.64. The first-order valence-corrected chi connectivity index (χ1v) is 5.43. The van der Waals surface area contributed by atoms with Gasteiger partial charge in [0.25, 0.3) is 6.01 Å². The third kappa shape index (κ3) is 2.03. The van der Waals surface area contributed by atoms with Crippen molar-refractivity contribution in [1.29, 1.82) is 0 Å². The smallest absolute Gasteiger partial charge is 0.297 e. The van der Waals surface area contributed by atoms with E-state index in [0.29, 0.717) is 11.8 Å². The number of carbonyl (C=O) groups excluding carboxylic acids is 1. The summed E-state index contributed by atoms with van der Waals surface area (Å²) in [5.74, 6) is 0.365. The van der Waals surface area contributed by atoms with Crippen LogP contribution in [0.2, 0.25) is 0 Å². The zero-order chi connectivity index (χ0) is 10.8. The van der Waals surface area contributed by atoms with E-state index in [1.54, 1.807) is 0 Å². The van der Waals surface area contributed by atoms with Gasteiger partial charge in [0.1, 0.15) is 0 Å². The first kappa shape index (κ1) is 10.2. The number of ketones is 1. The average Bonchev–Trinajstić information content (AvgIpc) is 2.86. The molecule has 1 fully saturated rings. The Morgan fingerprint density at radius 3 is 2.73 bits per heavy atom. The van der Waals surface area contributed by atoms with Crippen LogP contribution >= 0.6 is 0 Å². The van der Waals surface area contributed by atoms with Crippen molar-refractivity contribution >= 4 is 11.8 Å². The van der Waals surface area contributed by atoms with E-state index in [-0.39, 0.29) is 11.7 Å². The van der Waals surface area contributed by atoms with Crippen molar-refractivity contribution in [2.75, 3.05) is 18.0 Å². The Morgan fingerprint density at radius 2 is 2.13 bits per heavy atom. The van der Waals surface area contributed by atoms with Crippen molar-refractivity contribution < 1.29 is 9.21 Å². The fraction of sp³-hybridized carbons (Fsp3) is 0.636. The highest BCUT2D eigenvalue weighted by Crippen LogP contribution is 2.21. The van der Waals surface area contributed by atoms with E-state index >= 15 is 0 Å². The number of nitrogens with zero attached hydrogens (tertiary/aromatic N) is 2. The zero-order valence-electron chi connectivity index (χ0n) is 9.19. The molecule has 0 bridgehead atoms. The fourth-order valence-corrected chi connectivity index (χ4v) is 1.72. The van der Waals surface area contributed by atoms with Crippen LogP contribution in [-0.4, -0.2) is 23.9 Å². The van der Waals surface area contributed by atoms with Gasteiger partial charge in [-0.15, -0.1) is 0 Å². The van der Waals surface area contributed by atoms with Crippen molar-refractivity contribution in [2.45, 2.75) is 26.7 Å². The van der Waals surface area contributed by atoms with E-state index in [1.807, 2.05) is 13.8 Å². The number of hydrogen-bond acceptors (Lipinski definition) is 4. The van der Waals surface area contributed by atoms with Crippen LogP contribution in [0.5, 0.6) is 0 Å². The molecule has 4 nitrogen and oxygen atoms in total. The van der Waals surface area contributed by atoms with Gasteiger partial charge in [0.05, 0.1) is 6.20 Å². The van der Waals surface area contributed by atoms with Gasteiger partial charge in [0.2, 0.25) is 5.78 Å². The normalized spacial score (nSPS) is 16.3. The molecule has 1 aliphatic heterocycles. The largest absolute Gasteiger partial charge is 0.420 e. The van der Waals surface area contributed by atoms with E-state index in [9.17, 15) is 4.79 Å².